The SMILES string of the molecule is OC[C@@H]1[C@@H](O)[C@H](O)[C@@H](O)C(O)N1CCCCCc1ccccc1. The largest absolute Gasteiger partial charge is 0.395 e. The van der Waals surface area contributed by atoms with Gasteiger partial charge in [0.2, 0.25) is 0 Å². The molecule has 0 spiro atoms. The highest BCUT2D eigenvalue weighted by atomic mass is 16.4. The van der Waals surface area contributed by atoms with Crippen LogP contribution in [-0.4, -0.2) is 74.2 Å². The van der Waals surface area contributed by atoms with Crippen LogP contribution in [0.25, 0.3) is 0 Å². The Labute approximate surface area is 136 Å². The number of piperidine rings is 1. The first kappa shape index (κ1) is 18.3. The van der Waals surface area contributed by atoms with Crippen LogP contribution in [0.15, 0.2) is 30.3 Å². The number of benzene rings is 1. The highest BCUT2D eigenvalue weighted by Gasteiger charge is 2.46. The number of rotatable bonds is 7. The van der Waals surface area contributed by atoms with Gasteiger partial charge in [-0.1, -0.05) is 36.8 Å². The Morgan fingerprint density at radius 3 is 2.17 bits per heavy atom. The first-order chi connectivity index (χ1) is 11.1. The molecule has 1 aliphatic rings. The van der Waals surface area contributed by atoms with E-state index in [4.69, 9.17) is 0 Å². The smallest absolute Gasteiger partial charge is 0.136 e. The van der Waals surface area contributed by atoms with Gasteiger partial charge in [0.25, 0.3) is 0 Å². The number of hydrogen-bond acceptors (Lipinski definition) is 6. The lowest BCUT2D eigenvalue weighted by Crippen LogP contribution is -2.67. The summed E-state index contributed by atoms with van der Waals surface area (Å²) in [6, 6.07) is 9.42. The van der Waals surface area contributed by atoms with Gasteiger partial charge in [0.05, 0.1) is 12.6 Å². The molecular weight excluding hydrogens is 298 g/mol. The minimum absolute atomic E-state index is 0.383. The van der Waals surface area contributed by atoms with Crippen molar-refractivity contribution in [1.82, 2.24) is 4.90 Å². The molecule has 6 nitrogen and oxygen atoms in total. The average molecular weight is 325 g/mol. The summed E-state index contributed by atoms with van der Waals surface area (Å²) in [5, 5.41) is 48.8. The molecule has 5 N–H and O–H groups in total. The van der Waals surface area contributed by atoms with Crippen molar-refractivity contribution in [3.63, 3.8) is 0 Å². The first-order valence-corrected chi connectivity index (χ1v) is 8.19. The second kappa shape index (κ2) is 8.73. The Kier molecular flexibility index (Phi) is 6.95. The molecular formula is C17H27NO5. The average Bonchev–Trinajstić information content (AvgIpc) is 2.58. The normalized spacial score (nSPS) is 32.1. The van der Waals surface area contributed by atoms with E-state index in [9.17, 15) is 25.5 Å². The quantitative estimate of drug-likeness (QED) is 0.432. The van der Waals surface area contributed by atoms with Crippen molar-refractivity contribution in [3.05, 3.63) is 35.9 Å². The van der Waals surface area contributed by atoms with Crippen LogP contribution in [-0.2, 0) is 6.42 Å². The lowest BCUT2D eigenvalue weighted by atomic mass is 9.92. The molecule has 1 aliphatic heterocycles. The van der Waals surface area contributed by atoms with E-state index in [1.807, 2.05) is 18.2 Å². The Hall–Kier alpha value is -1.02. The standard InChI is InChI=1S/C17H27NO5/c19-11-13-14(20)15(21)16(22)17(23)18(13)10-6-2-5-9-12-7-3-1-4-8-12/h1,3-4,7-8,13-17,19-23H,2,5-6,9-11H2/t13-,14-,15+,16-,17?/m1/s1. The van der Waals surface area contributed by atoms with Gasteiger partial charge < -0.3 is 25.5 Å². The maximum Gasteiger partial charge on any atom is 0.136 e. The van der Waals surface area contributed by atoms with Crippen molar-refractivity contribution >= 4 is 0 Å². The third-order valence-electron chi connectivity index (χ3n) is 4.58. The second-order valence-corrected chi connectivity index (χ2v) is 6.17. The third kappa shape index (κ3) is 4.50. The molecule has 0 amide bonds. The predicted molar refractivity (Wildman–Crippen MR) is 85.6 cm³/mol. The van der Waals surface area contributed by atoms with E-state index in [2.05, 4.69) is 12.1 Å². The summed E-state index contributed by atoms with van der Waals surface area (Å²) in [5.41, 5.74) is 1.28. The number of likely N-dealkylation sites (tertiary alicyclic amines) is 1. The Morgan fingerprint density at radius 2 is 1.52 bits per heavy atom. The van der Waals surface area contributed by atoms with Gasteiger partial charge in [-0.25, -0.2) is 0 Å². The monoisotopic (exact) mass is 325 g/mol. The molecule has 2 rings (SSSR count). The zero-order valence-corrected chi connectivity index (χ0v) is 13.2. The lowest BCUT2D eigenvalue weighted by Gasteiger charge is -2.46. The van der Waals surface area contributed by atoms with Crippen molar-refractivity contribution in [1.29, 1.82) is 0 Å². The molecule has 0 aliphatic carbocycles. The summed E-state index contributed by atoms with van der Waals surface area (Å²) in [6.45, 7) is 0.0635. The van der Waals surface area contributed by atoms with Crippen molar-refractivity contribution in [2.45, 2.75) is 56.3 Å². The van der Waals surface area contributed by atoms with E-state index in [0.717, 1.165) is 25.7 Å². The highest BCUT2D eigenvalue weighted by molar-refractivity contribution is 5.14. The minimum atomic E-state index is -1.45. The van der Waals surface area contributed by atoms with Crippen LogP contribution >= 0.6 is 0 Å². The fourth-order valence-corrected chi connectivity index (χ4v) is 3.15. The van der Waals surface area contributed by atoms with E-state index in [1.165, 1.54) is 10.5 Å². The van der Waals surface area contributed by atoms with Crippen molar-refractivity contribution in [3.8, 4) is 0 Å². The van der Waals surface area contributed by atoms with Gasteiger partial charge in [-0.2, -0.15) is 0 Å². The molecule has 23 heavy (non-hydrogen) atoms. The predicted octanol–water partition coefficient (Wildman–Crippen LogP) is -0.523. The maximum absolute atomic E-state index is 10.1. The Morgan fingerprint density at radius 1 is 0.826 bits per heavy atom. The summed E-state index contributed by atoms with van der Waals surface area (Å²) in [5.74, 6) is 0. The summed E-state index contributed by atoms with van der Waals surface area (Å²) < 4.78 is 0. The molecule has 1 fully saturated rings. The molecule has 1 unspecified atom stereocenters. The molecule has 0 radical (unpaired) electrons. The first-order valence-electron chi connectivity index (χ1n) is 8.19. The summed E-state index contributed by atoms with van der Waals surface area (Å²) >= 11 is 0. The van der Waals surface area contributed by atoms with Crippen molar-refractivity contribution in [2.24, 2.45) is 0 Å². The number of nitrogens with zero attached hydrogens (tertiary/aromatic N) is 1. The van der Waals surface area contributed by atoms with E-state index in [-0.39, 0.29) is 6.61 Å². The van der Waals surface area contributed by atoms with Crippen molar-refractivity contribution in [2.75, 3.05) is 13.2 Å². The number of aryl methyl sites for hydroxylation is 1. The molecule has 1 aromatic carbocycles. The molecule has 1 aromatic rings. The van der Waals surface area contributed by atoms with Gasteiger partial charge in [0.15, 0.2) is 0 Å². The molecule has 0 saturated carbocycles. The maximum atomic E-state index is 10.1. The summed E-state index contributed by atoms with van der Waals surface area (Å²) in [6.07, 6.45) is -1.74. The topological polar surface area (TPSA) is 104 Å². The van der Waals surface area contributed by atoms with E-state index in [0.29, 0.717) is 6.54 Å². The highest BCUT2D eigenvalue weighted by Crippen LogP contribution is 2.23. The number of hydrogen-bond donors (Lipinski definition) is 5. The fourth-order valence-electron chi connectivity index (χ4n) is 3.15. The summed E-state index contributed by atoms with van der Waals surface area (Å²) in [4.78, 5) is 1.48. The molecule has 0 aromatic heterocycles. The molecule has 0 bridgehead atoms. The van der Waals surface area contributed by atoms with Crippen LogP contribution in [0.4, 0.5) is 0 Å². The molecule has 5 atom stereocenters. The van der Waals surface area contributed by atoms with Gasteiger partial charge in [-0.15, -0.1) is 0 Å². The van der Waals surface area contributed by atoms with Crippen LogP contribution in [0.3, 0.4) is 0 Å². The molecule has 1 saturated heterocycles. The van der Waals surface area contributed by atoms with Gasteiger partial charge in [-0.3, -0.25) is 4.90 Å². The zero-order chi connectivity index (χ0) is 16.8. The zero-order valence-electron chi connectivity index (χ0n) is 13.2. The Bertz CT molecular complexity index is 458. The minimum Gasteiger partial charge on any atom is -0.395 e. The number of aliphatic hydroxyl groups is 5. The Balaban J connectivity index is 1.78. The molecule has 1 heterocycles. The van der Waals surface area contributed by atoms with Crippen LogP contribution in [0, 0.1) is 0 Å². The lowest BCUT2D eigenvalue weighted by molar-refractivity contribution is -0.222. The van der Waals surface area contributed by atoms with E-state index in [1.54, 1.807) is 0 Å². The number of unbranched alkanes of at least 4 members (excludes halogenated alkanes) is 2. The van der Waals surface area contributed by atoms with Crippen LogP contribution in [0.2, 0.25) is 0 Å². The fraction of sp³-hybridized carbons (Fsp3) is 0.647. The van der Waals surface area contributed by atoms with E-state index >= 15 is 0 Å². The van der Waals surface area contributed by atoms with Crippen LogP contribution in [0.1, 0.15) is 24.8 Å². The second-order valence-electron chi connectivity index (χ2n) is 6.17. The molecule has 6 heteroatoms. The van der Waals surface area contributed by atoms with Gasteiger partial charge >= 0.3 is 0 Å². The third-order valence-corrected chi connectivity index (χ3v) is 4.58. The van der Waals surface area contributed by atoms with E-state index < -0.39 is 30.6 Å². The van der Waals surface area contributed by atoms with Gasteiger partial charge in [-0.05, 0) is 24.8 Å². The van der Waals surface area contributed by atoms with Crippen LogP contribution in [0.5, 0.6) is 0 Å². The van der Waals surface area contributed by atoms with Gasteiger partial charge in [0, 0.05) is 6.54 Å². The van der Waals surface area contributed by atoms with Crippen LogP contribution < -0.4 is 0 Å². The summed E-state index contributed by atoms with van der Waals surface area (Å²) in [7, 11) is 0. The van der Waals surface area contributed by atoms with Gasteiger partial charge in [0.1, 0.15) is 24.5 Å². The number of aliphatic hydroxyl groups excluding tert-OH is 5. The molecule has 130 valence electrons. The van der Waals surface area contributed by atoms with Crippen molar-refractivity contribution < 1.29 is 25.5 Å².